The van der Waals surface area contributed by atoms with E-state index in [4.69, 9.17) is 9.47 Å². The molecule has 0 saturated heterocycles. The van der Waals surface area contributed by atoms with Gasteiger partial charge in [0.15, 0.2) is 0 Å². The first-order chi connectivity index (χ1) is 18.0. The van der Waals surface area contributed by atoms with Crippen molar-refractivity contribution in [3.63, 3.8) is 0 Å². The number of nitro benzene ring substituents is 1. The Bertz CT molecular complexity index is 1280. The van der Waals surface area contributed by atoms with Crippen molar-refractivity contribution in [2.45, 2.75) is 26.0 Å². The molecule has 0 saturated carbocycles. The topological polar surface area (TPSA) is 134 Å². The van der Waals surface area contributed by atoms with E-state index in [0.717, 1.165) is 16.8 Å². The monoisotopic (exact) mass is 543 g/mol. The van der Waals surface area contributed by atoms with E-state index in [9.17, 15) is 25.1 Å². The molecule has 204 valence electrons. The van der Waals surface area contributed by atoms with Crippen LogP contribution in [-0.4, -0.2) is 54.1 Å². The fraction of sp³-hybridized carbons (Fsp3) is 0.296. The summed E-state index contributed by atoms with van der Waals surface area (Å²) in [6.45, 7) is 3.41. The number of methoxy groups -OCH3 is 2. The summed E-state index contributed by atoms with van der Waals surface area (Å²) in [5.74, 6) is 1.13. The summed E-state index contributed by atoms with van der Waals surface area (Å²) in [5, 5.41) is 33.1. The van der Waals surface area contributed by atoms with E-state index in [2.05, 4.69) is 17.9 Å². The third-order valence-corrected chi connectivity index (χ3v) is 5.82. The molecule has 38 heavy (non-hydrogen) atoms. The molecule has 4 rings (SSSR count). The maximum Gasteiger partial charge on any atom is 0.269 e. The van der Waals surface area contributed by atoms with Gasteiger partial charge in [0.2, 0.25) is 0 Å². The lowest BCUT2D eigenvalue weighted by atomic mass is 9.92. The molecule has 0 fully saturated rings. The molecule has 1 aliphatic heterocycles. The zero-order valence-electron chi connectivity index (χ0n) is 22.2. The minimum Gasteiger partial charge on any atom is -0.508 e. The summed E-state index contributed by atoms with van der Waals surface area (Å²) in [7, 11) is 4.75. The van der Waals surface area contributed by atoms with Crippen molar-refractivity contribution < 1.29 is 29.4 Å². The summed E-state index contributed by atoms with van der Waals surface area (Å²) in [6, 6.07) is 14.5. The second-order valence-corrected chi connectivity index (χ2v) is 8.60. The molecule has 0 unspecified atom stereocenters. The number of carbonyl (C=O) groups is 1. The van der Waals surface area contributed by atoms with Crippen LogP contribution in [-0.2, 0) is 11.4 Å². The van der Waals surface area contributed by atoms with Crippen molar-refractivity contribution in [2.75, 3.05) is 37.7 Å². The van der Waals surface area contributed by atoms with Gasteiger partial charge in [-0.2, -0.15) is 12.6 Å². The average molecular weight is 544 g/mol. The molecule has 0 bridgehead atoms. The Kier molecular flexibility index (Phi) is 10.4. The second kappa shape index (κ2) is 13.0. The van der Waals surface area contributed by atoms with E-state index < -0.39 is 10.5 Å². The number of nitrogens with one attached hydrogen (secondary N) is 1. The largest absolute Gasteiger partial charge is 0.508 e. The number of hydrogen-bond acceptors (Lipinski definition) is 9. The number of likely N-dealkylation sites (N-methyl/N-ethyl adjacent to an activating group) is 1. The molecule has 11 heteroatoms. The standard InChI is InChI=1S/C19H22N2O4.C7H7NO3.CH4S/c1-19(2)18(24)21(3)17-14(10-22)12(7-8-15(17)20-19)13-6-5-11(23)9-16(13)25-4;1-11-7-4-2-6(3-5-7)8(9)10;1-2/h5-9,20,22-23H,10H2,1-4H3;2-5H,1H3;2H,1H3. The molecule has 1 aliphatic rings. The Balaban J connectivity index is 0.000000327. The van der Waals surface area contributed by atoms with Crippen LogP contribution in [0.15, 0.2) is 54.6 Å². The Morgan fingerprint density at radius 2 is 1.63 bits per heavy atom. The van der Waals surface area contributed by atoms with Crippen LogP contribution in [0.1, 0.15) is 19.4 Å². The van der Waals surface area contributed by atoms with E-state index in [1.807, 2.05) is 26.0 Å². The molecular weight excluding hydrogens is 510 g/mol. The summed E-state index contributed by atoms with van der Waals surface area (Å²) in [5.41, 5.74) is 2.91. The van der Waals surface area contributed by atoms with Gasteiger partial charge in [-0.15, -0.1) is 0 Å². The number of non-ortho nitro benzene ring substituents is 1. The molecule has 0 aromatic heterocycles. The third-order valence-electron chi connectivity index (χ3n) is 5.82. The van der Waals surface area contributed by atoms with Crippen molar-refractivity contribution in [3.8, 4) is 28.4 Å². The predicted octanol–water partition coefficient (Wildman–Crippen LogP) is 4.88. The first-order valence-corrected chi connectivity index (χ1v) is 12.4. The zero-order chi connectivity index (χ0) is 28.6. The first-order valence-electron chi connectivity index (χ1n) is 11.5. The molecular formula is C27H33N3O7S. The number of hydrogen-bond donors (Lipinski definition) is 4. The Hall–Kier alpha value is -3.96. The number of carbonyl (C=O) groups excluding carboxylic acids is 1. The van der Waals surface area contributed by atoms with E-state index in [1.165, 1.54) is 32.4 Å². The van der Waals surface area contributed by atoms with Gasteiger partial charge in [-0.1, -0.05) is 6.07 Å². The van der Waals surface area contributed by atoms with Crippen LogP contribution in [0.4, 0.5) is 17.1 Å². The lowest BCUT2D eigenvalue weighted by Crippen LogP contribution is -2.52. The smallest absolute Gasteiger partial charge is 0.269 e. The van der Waals surface area contributed by atoms with Crippen LogP contribution < -0.4 is 19.7 Å². The van der Waals surface area contributed by atoms with Gasteiger partial charge >= 0.3 is 0 Å². The van der Waals surface area contributed by atoms with Crippen LogP contribution in [0.2, 0.25) is 0 Å². The van der Waals surface area contributed by atoms with Gasteiger partial charge in [-0.3, -0.25) is 14.9 Å². The number of benzene rings is 3. The molecule has 3 N–H and O–H groups in total. The summed E-state index contributed by atoms with van der Waals surface area (Å²) < 4.78 is 10.2. The van der Waals surface area contributed by atoms with E-state index in [1.54, 1.807) is 42.5 Å². The van der Waals surface area contributed by atoms with Gasteiger partial charge in [-0.05, 0) is 56.0 Å². The third kappa shape index (κ3) is 6.48. The van der Waals surface area contributed by atoms with Crippen molar-refractivity contribution in [3.05, 3.63) is 70.3 Å². The van der Waals surface area contributed by atoms with Gasteiger partial charge < -0.3 is 29.9 Å². The molecule has 3 aromatic carbocycles. The number of anilines is 2. The molecule has 10 nitrogen and oxygen atoms in total. The van der Waals surface area contributed by atoms with E-state index in [0.29, 0.717) is 22.7 Å². The SMILES string of the molecule is COc1cc(O)ccc1-c1ccc2c(c1CO)N(C)C(=O)C(C)(C)N2.COc1ccc([N+](=O)[O-])cc1.CS. The lowest BCUT2D eigenvalue weighted by Gasteiger charge is -2.39. The fourth-order valence-corrected chi connectivity index (χ4v) is 4.05. The number of nitro groups is 1. The fourth-order valence-electron chi connectivity index (χ4n) is 4.05. The quantitative estimate of drug-likeness (QED) is 0.203. The normalized spacial score (nSPS) is 13.1. The number of nitrogens with zero attached hydrogens (tertiary/aromatic N) is 2. The van der Waals surface area contributed by atoms with Crippen LogP contribution in [0, 0.1) is 10.1 Å². The average Bonchev–Trinajstić information content (AvgIpc) is 2.92. The summed E-state index contributed by atoms with van der Waals surface area (Å²) >= 11 is 3.53. The number of aliphatic hydroxyl groups excluding tert-OH is 1. The number of phenolic OH excluding ortho intramolecular Hbond substituents is 1. The molecule has 1 heterocycles. The maximum atomic E-state index is 12.6. The lowest BCUT2D eigenvalue weighted by molar-refractivity contribution is -0.384. The Labute approximate surface area is 227 Å². The number of fused-ring (bicyclic) bond motifs is 1. The van der Waals surface area contributed by atoms with E-state index in [-0.39, 0.29) is 24.0 Å². The highest BCUT2D eigenvalue weighted by Crippen LogP contribution is 2.44. The highest BCUT2D eigenvalue weighted by molar-refractivity contribution is 7.79. The van der Waals surface area contributed by atoms with Crippen LogP contribution >= 0.6 is 12.6 Å². The highest BCUT2D eigenvalue weighted by atomic mass is 32.1. The number of thiol groups is 1. The highest BCUT2D eigenvalue weighted by Gasteiger charge is 2.38. The van der Waals surface area contributed by atoms with E-state index >= 15 is 0 Å². The predicted molar refractivity (Wildman–Crippen MR) is 152 cm³/mol. The van der Waals surface area contributed by atoms with Gasteiger partial charge in [0.25, 0.3) is 11.6 Å². The Morgan fingerprint density at radius 3 is 2.16 bits per heavy atom. The number of phenols is 1. The van der Waals surface area contributed by atoms with Crippen molar-refractivity contribution in [2.24, 2.45) is 0 Å². The molecule has 0 aliphatic carbocycles. The summed E-state index contributed by atoms with van der Waals surface area (Å²) in [4.78, 5) is 23.9. The molecule has 0 spiro atoms. The molecule has 0 atom stereocenters. The number of rotatable bonds is 5. The number of aliphatic hydroxyl groups is 1. The number of ether oxygens (including phenoxy) is 2. The van der Waals surface area contributed by atoms with Crippen molar-refractivity contribution in [1.82, 2.24) is 0 Å². The molecule has 1 amide bonds. The van der Waals surface area contributed by atoms with Crippen molar-refractivity contribution >= 4 is 35.6 Å². The van der Waals surface area contributed by atoms with Gasteiger partial charge in [0.05, 0.1) is 37.1 Å². The maximum absolute atomic E-state index is 12.6. The second-order valence-electron chi connectivity index (χ2n) is 8.60. The minimum absolute atomic E-state index is 0.0748. The van der Waals surface area contributed by atoms with Crippen LogP contribution in [0.3, 0.4) is 0 Å². The van der Waals surface area contributed by atoms with Crippen LogP contribution in [0.5, 0.6) is 17.2 Å². The first kappa shape index (κ1) is 30.3. The number of aromatic hydroxyl groups is 1. The molecule has 0 radical (unpaired) electrons. The minimum atomic E-state index is -0.716. The Morgan fingerprint density at radius 1 is 1.03 bits per heavy atom. The number of amides is 1. The van der Waals surface area contributed by atoms with Gasteiger partial charge in [0.1, 0.15) is 22.8 Å². The van der Waals surface area contributed by atoms with Gasteiger partial charge in [-0.25, -0.2) is 0 Å². The zero-order valence-corrected chi connectivity index (χ0v) is 23.1. The van der Waals surface area contributed by atoms with Crippen LogP contribution in [0.25, 0.3) is 11.1 Å². The van der Waals surface area contributed by atoms with Crippen molar-refractivity contribution in [1.29, 1.82) is 0 Å². The van der Waals surface area contributed by atoms with Gasteiger partial charge in [0, 0.05) is 36.4 Å². The summed E-state index contributed by atoms with van der Waals surface area (Å²) in [6.07, 6.45) is 1.69. The molecule has 3 aromatic rings.